The summed E-state index contributed by atoms with van der Waals surface area (Å²) in [5, 5.41) is 6.88. The molecule has 1 fully saturated rings. The summed E-state index contributed by atoms with van der Waals surface area (Å²) in [6, 6.07) is 0.718. The molecule has 0 bridgehead atoms. The molecule has 0 aromatic carbocycles. The van der Waals surface area contributed by atoms with Gasteiger partial charge in [0, 0.05) is 19.1 Å². The van der Waals surface area contributed by atoms with Crippen LogP contribution in [0.1, 0.15) is 26.7 Å². The van der Waals surface area contributed by atoms with Crippen molar-refractivity contribution in [1.29, 1.82) is 0 Å². The van der Waals surface area contributed by atoms with E-state index in [1.165, 1.54) is 25.0 Å². The van der Waals surface area contributed by atoms with E-state index in [4.69, 9.17) is 0 Å². The Morgan fingerprint density at radius 2 is 2.42 bits per heavy atom. The zero-order chi connectivity index (χ0) is 8.81. The Kier molecular flexibility index (Phi) is 4.33. The average Bonchev–Trinajstić information content (AvgIpc) is 2.49. The van der Waals surface area contributed by atoms with Gasteiger partial charge >= 0.3 is 0 Å². The fraction of sp³-hybridized carbons (Fsp3) is 0.800. The third kappa shape index (κ3) is 3.88. The highest BCUT2D eigenvalue weighted by Crippen LogP contribution is 2.02. The molecule has 2 heteroatoms. The number of rotatable bonds is 4. The molecule has 12 heavy (non-hydrogen) atoms. The molecule has 0 aromatic heterocycles. The Hall–Kier alpha value is -0.340. The van der Waals surface area contributed by atoms with Crippen LogP contribution in [0.25, 0.3) is 0 Å². The van der Waals surface area contributed by atoms with Gasteiger partial charge in [-0.25, -0.2) is 0 Å². The lowest BCUT2D eigenvalue weighted by molar-refractivity contribution is 0.554. The molecule has 2 N–H and O–H groups in total. The fourth-order valence-corrected chi connectivity index (χ4v) is 1.46. The van der Waals surface area contributed by atoms with Crippen molar-refractivity contribution in [2.24, 2.45) is 0 Å². The van der Waals surface area contributed by atoms with Crippen LogP contribution in [-0.4, -0.2) is 25.7 Å². The van der Waals surface area contributed by atoms with Gasteiger partial charge in [-0.3, -0.25) is 0 Å². The minimum absolute atomic E-state index is 0.718. The maximum Gasteiger partial charge on any atom is 0.0193 e. The van der Waals surface area contributed by atoms with Crippen LogP contribution in [0.5, 0.6) is 0 Å². The lowest BCUT2D eigenvalue weighted by Crippen LogP contribution is -2.33. The number of hydrogen-bond acceptors (Lipinski definition) is 2. The van der Waals surface area contributed by atoms with Crippen molar-refractivity contribution in [1.82, 2.24) is 10.6 Å². The van der Waals surface area contributed by atoms with Crippen molar-refractivity contribution >= 4 is 0 Å². The highest BCUT2D eigenvalue weighted by atomic mass is 15.0. The van der Waals surface area contributed by atoms with Gasteiger partial charge in [-0.2, -0.15) is 0 Å². The van der Waals surface area contributed by atoms with Crippen LogP contribution in [0.3, 0.4) is 0 Å². The van der Waals surface area contributed by atoms with Crippen LogP contribution < -0.4 is 10.6 Å². The van der Waals surface area contributed by atoms with Crippen molar-refractivity contribution in [3.63, 3.8) is 0 Å². The molecule has 0 radical (unpaired) electrons. The first-order chi connectivity index (χ1) is 5.79. The Morgan fingerprint density at radius 1 is 1.58 bits per heavy atom. The van der Waals surface area contributed by atoms with Gasteiger partial charge in [0.05, 0.1) is 0 Å². The highest BCUT2D eigenvalue weighted by Gasteiger charge is 2.11. The van der Waals surface area contributed by atoms with Crippen LogP contribution in [0.15, 0.2) is 11.6 Å². The molecule has 0 saturated carbocycles. The summed E-state index contributed by atoms with van der Waals surface area (Å²) in [5.74, 6) is 0. The molecule has 0 spiro atoms. The molecule has 0 aromatic rings. The lowest BCUT2D eigenvalue weighted by Gasteiger charge is -2.09. The Bertz CT molecular complexity index is 142. The first kappa shape index (κ1) is 9.75. The SMILES string of the molecule is CC(C)=CCNCC1CCCN1. The Morgan fingerprint density at radius 3 is 3.00 bits per heavy atom. The fourth-order valence-electron chi connectivity index (χ4n) is 1.46. The smallest absolute Gasteiger partial charge is 0.0193 e. The third-order valence-electron chi connectivity index (χ3n) is 2.21. The van der Waals surface area contributed by atoms with E-state index in [1.807, 2.05) is 0 Å². The average molecular weight is 168 g/mol. The molecule has 1 saturated heterocycles. The third-order valence-corrected chi connectivity index (χ3v) is 2.21. The van der Waals surface area contributed by atoms with Gasteiger partial charge in [0.25, 0.3) is 0 Å². The molecule has 1 rings (SSSR count). The van der Waals surface area contributed by atoms with Crippen LogP contribution in [0.4, 0.5) is 0 Å². The van der Waals surface area contributed by atoms with Gasteiger partial charge in [-0.15, -0.1) is 0 Å². The summed E-state index contributed by atoms with van der Waals surface area (Å²) in [6.45, 7) is 7.60. The van der Waals surface area contributed by atoms with Crippen molar-refractivity contribution in [3.8, 4) is 0 Å². The predicted molar refractivity (Wildman–Crippen MR) is 53.3 cm³/mol. The predicted octanol–water partition coefficient (Wildman–Crippen LogP) is 1.29. The van der Waals surface area contributed by atoms with E-state index < -0.39 is 0 Å². The zero-order valence-corrected chi connectivity index (χ0v) is 8.19. The van der Waals surface area contributed by atoms with Gasteiger partial charge in [0.15, 0.2) is 0 Å². The maximum atomic E-state index is 3.46. The van der Waals surface area contributed by atoms with Crippen LogP contribution in [-0.2, 0) is 0 Å². The molecular formula is C10H20N2. The Labute approximate surface area is 75.4 Å². The second-order valence-corrected chi connectivity index (χ2v) is 3.73. The minimum atomic E-state index is 0.718. The molecule has 0 aliphatic carbocycles. The first-order valence-electron chi connectivity index (χ1n) is 4.86. The monoisotopic (exact) mass is 168 g/mol. The quantitative estimate of drug-likeness (QED) is 0.488. The summed E-state index contributed by atoms with van der Waals surface area (Å²) in [4.78, 5) is 0. The van der Waals surface area contributed by atoms with Crippen molar-refractivity contribution in [3.05, 3.63) is 11.6 Å². The van der Waals surface area contributed by atoms with E-state index in [2.05, 4.69) is 30.6 Å². The van der Waals surface area contributed by atoms with Crippen LogP contribution in [0, 0.1) is 0 Å². The molecule has 70 valence electrons. The van der Waals surface area contributed by atoms with E-state index in [-0.39, 0.29) is 0 Å². The summed E-state index contributed by atoms with van der Waals surface area (Å²) < 4.78 is 0. The largest absolute Gasteiger partial charge is 0.313 e. The van der Waals surface area contributed by atoms with E-state index in [0.717, 1.165) is 19.1 Å². The highest BCUT2D eigenvalue weighted by molar-refractivity contribution is 4.94. The molecular weight excluding hydrogens is 148 g/mol. The van der Waals surface area contributed by atoms with Crippen LogP contribution in [0.2, 0.25) is 0 Å². The lowest BCUT2D eigenvalue weighted by atomic mass is 10.2. The van der Waals surface area contributed by atoms with Gasteiger partial charge in [-0.05, 0) is 33.2 Å². The van der Waals surface area contributed by atoms with Crippen molar-refractivity contribution < 1.29 is 0 Å². The van der Waals surface area contributed by atoms with Gasteiger partial charge < -0.3 is 10.6 Å². The minimum Gasteiger partial charge on any atom is -0.313 e. The zero-order valence-electron chi connectivity index (χ0n) is 8.19. The standard InChI is InChI=1S/C10H20N2/c1-9(2)5-7-11-8-10-4-3-6-12-10/h5,10-12H,3-4,6-8H2,1-2H3. The second kappa shape index (κ2) is 5.33. The molecule has 1 aliphatic heterocycles. The maximum absolute atomic E-state index is 3.46. The van der Waals surface area contributed by atoms with Gasteiger partial charge in [-0.1, -0.05) is 11.6 Å². The van der Waals surface area contributed by atoms with E-state index in [0.29, 0.717) is 0 Å². The summed E-state index contributed by atoms with van der Waals surface area (Å²) >= 11 is 0. The number of allylic oxidation sites excluding steroid dienone is 1. The molecule has 1 aliphatic rings. The van der Waals surface area contributed by atoms with Crippen molar-refractivity contribution in [2.75, 3.05) is 19.6 Å². The molecule has 1 heterocycles. The van der Waals surface area contributed by atoms with Crippen LogP contribution >= 0.6 is 0 Å². The number of nitrogens with one attached hydrogen (secondary N) is 2. The first-order valence-corrected chi connectivity index (χ1v) is 4.86. The second-order valence-electron chi connectivity index (χ2n) is 3.73. The summed E-state index contributed by atoms with van der Waals surface area (Å²) in [5.41, 5.74) is 1.39. The topological polar surface area (TPSA) is 24.1 Å². The number of hydrogen-bond donors (Lipinski definition) is 2. The van der Waals surface area contributed by atoms with E-state index in [1.54, 1.807) is 0 Å². The normalized spacial score (nSPS) is 22.7. The molecule has 0 amide bonds. The summed E-state index contributed by atoms with van der Waals surface area (Å²) in [7, 11) is 0. The molecule has 1 atom stereocenters. The summed E-state index contributed by atoms with van der Waals surface area (Å²) in [6.07, 6.45) is 4.91. The van der Waals surface area contributed by atoms with Crippen molar-refractivity contribution in [2.45, 2.75) is 32.7 Å². The van der Waals surface area contributed by atoms with Gasteiger partial charge in [0.2, 0.25) is 0 Å². The van der Waals surface area contributed by atoms with E-state index >= 15 is 0 Å². The Balaban J connectivity index is 1.98. The molecule has 2 nitrogen and oxygen atoms in total. The van der Waals surface area contributed by atoms with Gasteiger partial charge in [0.1, 0.15) is 0 Å². The van der Waals surface area contributed by atoms with E-state index in [9.17, 15) is 0 Å². The molecule has 1 unspecified atom stereocenters.